The highest BCUT2D eigenvalue weighted by Crippen LogP contribution is 2.17. The van der Waals surface area contributed by atoms with E-state index in [9.17, 15) is 13.2 Å². The Morgan fingerprint density at radius 3 is 2.71 bits per heavy atom. The van der Waals surface area contributed by atoms with Gasteiger partial charge in [0, 0.05) is 7.05 Å². The number of amides is 2. The largest absolute Gasteiger partial charge is 0.351 e. The van der Waals surface area contributed by atoms with Crippen molar-refractivity contribution >= 4 is 32.6 Å². The van der Waals surface area contributed by atoms with Crippen LogP contribution < -0.4 is 10.5 Å². The predicted octanol–water partition coefficient (Wildman–Crippen LogP) is 0.415. The molecule has 3 N–H and O–H groups in total. The van der Waals surface area contributed by atoms with Crippen LogP contribution in [0.3, 0.4) is 0 Å². The highest BCUT2D eigenvalue weighted by molar-refractivity contribution is 7.91. The molecule has 8 heteroatoms. The van der Waals surface area contributed by atoms with E-state index in [1.54, 1.807) is 17.5 Å². The maximum absolute atomic E-state index is 11.4. The lowest BCUT2D eigenvalue weighted by molar-refractivity contribution is 0.237. The maximum Gasteiger partial charge on any atom is 0.329 e. The first-order valence-electron chi connectivity index (χ1n) is 3.53. The Labute approximate surface area is 85.5 Å². The summed E-state index contributed by atoms with van der Waals surface area (Å²) in [6.45, 7) is 0. The Bertz CT molecular complexity index is 412. The quantitative estimate of drug-likeness (QED) is 0.795. The van der Waals surface area contributed by atoms with Crippen molar-refractivity contribution in [3.05, 3.63) is 17.5 Å². The van der Waals surface area contributed by atoms with Crippen molar-refractivity contribution in [2.24, 2.45) is 5.73 Å². The average Bonchev–Trinajstić information content (AvgIpc) is 2.54. The van der Waals surface area contributed by atoms with Crippen molar-refractivity contribution in [3.63, 3.8) is 0 Å². The summed E-state index contributed by atoms with van der Waals surface area (Å²) >= 11 is 1.21. The third-order valence-electron chi connectivity index (χ3n) is 1.42. The van der Waals surface area contributed by atoms with E-state index in [1.807, 2.05) is 0 Å². The Kier molecular flexibility index (Phi) is 2.96. The number of urea groups is 1. The van der Waals surface area contributed by atoms with Crippen LogP contribution in [0.1, 0.15) is 0 Å². The summed E-state index contributed by atoms with van der Waals surface area (Å²) in [5.74, 6) is 0. The smallest absolute Gasteiger partial charge is 0.329 e. The van der Waals surface area contributed by atoms with Gasteiger partial charge in [0.15, 0.2) is 0 Å². The fraction of sp³-hybridized carbons (Fsp3) is 0.167. The van der Waals surface area contributed by atoms with Crippen LogP contribution >= 0.6 is 11.3 Å². The number of carbonyl (C=O) groups is 1. The number of hydrogen-bond donors (Lipinski definition) is 2. The Morgan fingerprint density at radius 1 is 1.64 bits per heavy atom. The van der Waals surface area contributed by atoms with Crippen molar-refractivity contribution < 1.29 is 13.2 Å². The Balaban J connectivity index is 2.83. The number of anilines is 1. The second-order valence-corrected chi connectivity index (χ2v) is 5.04. The van der Waals surface area contributed by atoms with Crippen LogP contribution in [0.15, 0.2) is 17.5 Å². The number of nitrogens with one attached hydrogen (secondary N) is 1. The molecule has 0 aliphatic rings. The molecule has 78 valence electrons. The van der Waals surface area contributed by atoms with Gasteiger partial charge in [-0.15, -0.1) is 11.3 Å². The molecule has 14 heavy (non-hydrogen) atoms. The summed E-state index contributed by atoms with van der Waals surface area (Å²) in [5.41, 5.74) is 4.82. The van der Waals surface area contributed by atoms with Crippen LogP contribution in [0.5, 0.6) is 0 Å². The summed E-state index contributed by atoms with van der Waals surface area (Å²) in [5, 5.41) is 2.14. The number of thiophene rings is 1. The molecule has 0 unspecified atom stereocenters. The first kappa shape index (κ1) is 10.8. The van der Waals surface area contributed by atoms with Crippen molar-refractivity contribution in [1.82, 2.24) is 4.31 Å². The molecule has 6 nitrogen and oxygen atoms in total. The number of hydrogen-bond acceptors (Lipinski definition) is 4. The fourth-order valence-corrected chi connectivity index (χ4v) is 2.32. The molecule has 0 aliphatic heterocycles. The zero-order valence-corrected chi connectivity index (χ0v) is 8.93. The number of carbonyl (C=O) groups excluding carboxylic acids is 1. The Morgan fingerprint density at radius 2 is 2.29 bits per heavy atom. The Hall–Kier alpha value is -1.28. The zero-order valence-electron chi connectivity index (χ0n) is 7.30. The van der Waals surface area contributed by atoms with Crippen LogP contribution in [0, 0.1) is 0 Å². The first-order chi connectivity index (χ1) is 6.43. The van der Waals surface area contributed by atoms with Crippen LogP contribution in [0.2, 0.25) is 0 Å². The lowest BCUT2D eigenvalue weighted by Crippen LogP contribution is -2.40. The summed E-state index contributed by atoms with van der Waals surface area (Å²) in [6.07, 6.45) is 0. The van der Waals surface area contributed by atoms with Crippen molar-refractivity contribution in [2.75, 3.05) is 11.8 Å². The van der Waals surface area contributed by atoms with Crippen LogP contribution in [-0.2, 0) is 10.2 Å². The molecule has 2 amide bonds. The molecule has 0 spiro atoms. The minimum atomic E-state index is -3.86. The van der Waals surface area contributed by atoms with Gasteiger partial charge in [0.25, 0.3) is 0 Å². The van der Waals surface area contributed by atoms with Gasteiger partial charge in [0.05, 0.1) is 0 Å². The molecule has 0 atom stereocenters. The maximum atomic E-state index is 11.4. The summed E-state index contributed by atoms with van der Waals surface area (Å²) < 4.78 is 25.4. The van der Waals surface area contributed by atoms with Gasteiger partial charge in [-0.1, -0.05) is 0 Å². The minimum Gasteiger partial charge on any atom is -0.351 e. The third-order valence-corrected chi connectivity index (χ3v) is 3.72. The van der Waals surface area contributed by atoms with Crippen molar-refractivity contribution in [2.45, 2.75) is 0 Å². The minimum absolute atomic E-state index is 0.429. The van der Waals surface area contributed by atoms with Gasteiger partial charge in [-0.05, 0) is 17.5 Å². The van der Waals surface area contributed by atoms with E-state index in [0.29, 0.717) is 9.31 Å². The normalized spacial score (nSPS) is 10.9. The van der Waals surface area contributed by atoms with Crippen molar-refractivity contribution in [1.29, 1.82) is 0 Å². The lowest BCUT2D eigenvalue weighted by Gasteiger charge is -2.14. The molecule has 0 radical (unpaired) electrons. The topological polar surface area (TPSA) is 92.5 Å². The number of nitrogens with two attached hydrogens (primary N) is 1. The van der Waals surface area contributed by atoms with E-state index < -0.39 is 16.2 Å². The molecule has 0 fully saturated rings. The van der Waals surface area contributed by atoms with Gasteiger partial charge >= 0.3 is 16.2 Å². The fourth-order valence-electron chi connectivity index (χ4n) is 0.651. The van der Waals surface area contributed by atoms with Crippen LogP contribution in [-0.4, -0.2) is 25.8 Å². The first-order valence-corrected chi connectivity index (χ1v) is 5.85. The molecule has 1 aromatic rings. The van der Waals surface area contributed by atoms with Gasteiger partial charge < -0.3 is 5.73 Å². The van der Waals surface area contributed by atoms with E-state index in [2.05, 4.69) is 4.72 Å². The standard InChI is InChI=1S/C6H9N3O3S2/c1-9(6(7)10)14(11,12)8-5-3-2-4-13-5/h2-4,8H,1H3,(H2,7,10). The van der Waals surface area contributed by atoms with E-state index in [4.69, 9.17) is 5.73 Å². The number of primary amides is 1. The second kappa shape index (κ2) is 3.84. The second-order valence-electron chi connectivity index (χ2n) is 2.39. The SMILES string of the molecule is CN(C(N)=O)S(=O)(=O)Nc1cccs1. The van der Waals surface area contributed by atoms with Gasteiger partial charge in [-0.2, -0.15) is 8.42 Å². The van der Waals surface area contributed by atoms with E-state index in [1.165, 1.54) is 11.3 Å². The van der Waals surface area contributed by atoms with E-state index >= 15 is 0 Å². The predicted molar refractivity (Wildman–Crippen MR) is 54.2 cm³/mol. The molecule has 1 rings (SSSR count). The average molecular weight is 235 g/mol. The summed E-state index contributed by atoms with van der Waals surface area (Å²) in [6, 6.07) is 2.23. The van der Waals surface area contributed by atoms with Gasteiger partial charge in [0.1, 0.15) is 5.00 Å². The summed E-state index contributed by atoms with van der Waals surface area (Å²) in [4.78, 5) is 10.6. The van der Waals surface area contributed by atoms with Gasteiger partial charge in [-0.25, -0.2) is 9.10 Å². The molecule has 0 aliphatic carbocycles. The highest BCUT2D eigenvalue weighted by atomic mass is 32.2. The van der Waals surface area contributed by atoms with Crippen molar-refractivity contribution in [3.8, 4) is 0 Å². The van der Waals surface area contributed by atoms with Gasteiger partial charge in [-0.3, -0.25) is 4.72 Å². The van der Waals surface area contributed by atoms with Gasteiger partial charge in [0.2, 0.25) is 0 Å². The molecular weight excluding hydrogens is 226 g/mol. The molecule has 1 heterocycles. The number of rotatable bonds is 3. The molecule has 0 saturated carbocycles. The van der Waals surface area contributed by atoms with E-state index in [-0.39, 0.29) is 0 Å². The monoisotopic (exact) mass is 235 g/mol. The number of nitrogens with zero attached hydrogens (tertiary/aromatic N) is 1. The molecule has 0 saturated heterocycles. The molecule has 1 aromatic heterocycles. The zero-order chi connectivity index (χ0) is 10.8. The molecular formula is C6H9N3O3S2. The molecule has 0 aromatic carbocycles. The molecule has 0 bridgehead atoms. The lowest BCUT2D eigenvalue weighted by atomic mass is 10.6. The highest BCUT2D eigenvalue weighted by Gasteiger charge is 2.20. The van der Waals surface area contributed by atoms with Crippen LogP contribution in [0.4, 0.5) is 9.80 Å². The third kappa shape index (κ3) is 2.36. The van der Waals surface area contributed by atoms with Crippen LogP contribution in [0.25, 0.3) is 0 Å². The van der Waals surface area contributed by atoms with E-state index in [0.717, 1.165) is 7.05 Å². The summed E-state index contributed by atoms with van der Waals surface area (Å²) in [7, 11) is -2.78.